The van der Waals surface area contributed by atoms with Crippen LogP contribution in [0.5, 0.6) is 17.2 Å². The van der Waals surface area contributed by atoms with Crippen molar-refractivity contribution in [3.63, 3.8) is 0 Å². The van der Waals surface area contributed by atoms with Crippen molar-refractivity contribution in [3.8, 4) is 17.2 Å². The Kier molecular flexibility index (Phi) is 5.62. The minimum absolute atomic E-state index is 0.579. The molecule has 0 bridgehead atoms. The van der Waals surface area contributed by atoms with Crippen molar-refractivity contribution < 1.29 is 14.2 Å². The topological polar surface area (TPSA) is 27.7 Å². The second-order valence-electron chi connectivity index (χ2n) is 3.46. The van der Waals surface area contributed by atoms with Crippen LogP contribution in [0.3, 0.4) is 0 Å². The molecule has 3 nitrogen and oxygen atoms in total. The highest BCUT2D eigenvalue weighted by atomic mass is 79.9. The second-order valence-corrected chi connectivity index (χ2v) is 4.26. The smallest absolute Gasteiger partial charge is 0.204 e. The van der Waals surface area contributed by atoms with Crippen LogP contribution in [0.1, 0.15) is 26.3 Å². The molecule has 0 atom stereocenters. The molecule has 0 aliphatic rings. The van der Waals surface area contributed by atoms with E-state index in [1.165, 1.54) is 0 Å². The summed E-state index contributed by atoms with van der Waals surface area (Å²) in [5, 5.41) is 0. The van der Waals surface area contributed by atoms with Gasteiger partial charge in [0.05, 0.1) is 24.3 Å². The van der Waals surface area contributed by atoms with Crippen LogP contribution in [0.4, 0.5) is 0 Å². The first kappa shape index (κ1) is 14.2. The fraction of sp³-hybridized carbons (Fsp3) is 0.538. The highest BCUT2D eigenvalue weighted by molar-refractivity contribution is 9.10. The molecule has 0 N–H and O–H groups in total. The molecule has 1 aromatic carbocycles. The zero-order valence-corrected chi connectivity index (χ0v) is 12.4. The summed E-state index contributed by atoms with van der Waals surface area (Å²) in [5.41, 5.74) is 1.07. The Labute approximate surface area is 111 Å². The van der Waals surface area contributed by atoms with Gasteiger partial charge in [-0.15, -0.1) is 0 Å². The minimum Gasteiger partial charge on any atom is -0.490 e. The molecular formula is C13H19BrO3. The quantitative estimate of drug-likeness (QED) is 0.796. The monoisotopic (exact) mass is 302 g/mol. The van der Waals surface area contributed by atoms with Crippen LogP contribution in [0.15, 0.2) is 10.5 Å². The molecule has 0 unspecified atom stereocenters. The van der Waals surface area contributed by atoms with E-state index in [4.69, 9.17) is 14.2 Å². The lowest BCUT2D eigenvalue weighted by molar-refractivity contribution is 0.259. The molecule has 96 valence electrons. The van der Waals surface area contributed by atoms with E-state index in [9.17, 15) is 0 Å². The lowest BCUT2D eigenvalue weighted by atomic mass is 10.2. The maximum absolute atomic E-state index is 5.64. The van der Waals surface area contributed by atoms with Crippen LogP contribution >= 0.6 is 15.9 Å². The summed E-state index contributed by atoms with van der Waals surface area (Å²) in [7, 11) is 0. The van der Waals surface area contributed by atoms with Crippen LogP contribution < -0.4 is 14.2 Å². The summed E-state index contributed by atoms with van der Waals surface area (Å²) >= 11 is 3.53. The Bertz CT molecular complexity index is 377. The van der Waals surface area contributed by atoms with Gasteiger partial charge in [0, 0.05) is 0 Å². The van der Waals surface area contributed by atoms with Gasteiger partial charge < -0.3 is 14.2 Å². The van der Waals surface area contributed by atoms with Gasteiger partial charge in [0.1, 0.15) is 0 Å². The van der Waals surface area contributed by atoms with Crippen molar-refractivity contribution in [1.82, 2.24) is 0 Å². The standard InChI is InChI=1S/C13H19BrO3/c1-5-15-10-8-9(4)11(14)13(17-7-3)12(10)16-6-2/h8H,5-7H2,1-4H3. The second kappa shape index (κ2) is 6.74. The highest BCUT2D eigenvalue weighted by Gasteiger charge is 2.18. The van der Waals surface area contributed by atoms with Crippen molar-refractivity contribution in [2.24, 2.45) is 0 Å². The lowest BCUT2D eigenvalue weighted by Gasteiger charge is -2.18. The summed E-state index contributed by atoms with van der Waals surface area (Å²) in [6.07, 6.45) is 0. The van der Waals surface area contributed by atoms with E-state index in [-0.39, 0.29) is 0 Å². The molecule has 0 heterocycles. The van der Waals surface area contributed by atoms with Gasteiger partial charge in [-0.05, 0) is 55.3 Å². The Morgan fingerprint density at radius 2 is 1.47 bits per heavy atom. The molecule has 0 radical (unpaired) electrons. The summed E-state index contributed by atoms with van der Waals surface area (Å²) in [6, 6.07) is 1.96. The van der Waals surface area contributed by atoms with E-state index < -0.39 is 0 Å². The first-order valence-corrected chi connectivity index (χ1v) is 6.66. The molecule has 1 rings (SSSR count). The number of benzene rings is 1. The third-order valence-corrected chi connectivity index (χ3v) is 3.19. The first-order chi connectivity index (χ1) is 8.15. The van der Waals surface area contributed by atoms with E-state index in [1.54, 1.807) is 0 Å². The SMILES string of the molecule is CCOc1cc(C)c(Br)c(OCC)c1OCC. The molecule has 0 fully saturated rings. The van der Waals surface area contributed by atoms with E-state index in [2.05, 4.69) is 15.9 Å². The zero-order valence-electron chi connectivity index (χ0n) is 10.8. The lowest BCUT2D eigenvalue weighted by Crippen LogP contribution is -2.03. The van der Waals surface area contributed by atoms with Crippen LogP contribution in [-0.2, 0) is 0 Å². The molecule has 4 heteroatoms. The van der Waals surface area contributed by atoms with Crippen molar-refractivity contribution in [2.75, 3.05) is 19.8 Å². The number of hydrogen-bond donors (Lipinski definition) is 0. The van der Waals surface area contributed by atoms with Crippen LogP contribution in [-0.4, -0.2) is 19.8 Å². The number of rotatable bonds is 6. The summed E-state index contributed by atoms with van der Waals surface area (Å²) in [4.78, 5) is 0. The molecular weight excluding hydrogens is 284 g/mol. The van der Waals surface area contributed by atoms with Gasteiger partial charge in [0.2, 0.25) is 5.75 Å². The van der Waals surface area contributed by atoms with Crippen LogP contribution in [0.2, 0.25) is 0 Å². The number of hydrogen-bond acceptors (Lipinski definition) is 3. The number of halogens is 1. The molecule has 0 spiro atoms. The normalized spacial score (nSPS) is 10.2. The van der Waals surface area contributed by atoms with Crippen molar-refractivity contribution in [1.29, 1.82) is 0 Å². The predicted molar refractivity (Wildman–Crippen MR) is 72.4 cm³/mol. The van der Waals surface area contributed by atoms with Gasteiger partial charge in [-0.3, -0.25) is 0 Å². The van der Waals surface area contributed by atoms with E-state index >= 15 is 0 Å². The zero-order chi connectivity index (χ0) is 12.8. The Hall–Kier alpha value is -0.900. The largest absolute Gasteiger partial charge is 0.490 e. The van der Waals surface area contributed by atoms with Gasteiger partial charge >= 0.3 is 0 Å². The van der Waals surface area contributed by atoms with Gasteiger partial charge in [-0.2, -0.15) is 0 Å². The minimum atomic E-state index is 0.579. The Morgan fingerprint density at radius 1 is 0.941 bits per heavy atom. The fourth-order valence-corrected chi connectivity index (χ4v) is 1.94. The maximum Gasteiger partial charge on any atom is 0.204 e. The molecule has 0 aromatic heterocycles. The summed E-state index contributed by atoms with van der Waals surface area (Å²) in [6.45, 7) is 9.62. The third-order valence-electron chi connectivity index (χ3n) is 2.20. The molecule has 1 aromatic rings. The van der Waals surface area contributed by atoms with Crippen LogP contribution in [0.25, 0.3) is 0 Å². The molecule has 0 amide bonds. The summed E-state index contributed by atoms with van der Waals surface area (Å²) < 4.78 is 17.8. The molecule has 17 heavy (non-hydrogen) atoms. The van der Waals surface area contributed by atoms with Crippen molar-refractivity contribution >= 4 is 15.9 Å². The molecule has 0 saturated carbocycles. The van der Waals surface area contributed by atoms with E-state index in [1.807, 2.05) is 33.8 Å². The Balaban J connectivity index is 3.29. The Morgan fingerprint density at radius 3 is 2.00 bits per heavy atom. The molecule has 0 aliphatic carbocycles. The van der Waals surface area contributed by atoms with Crippen LogP contribution in [0, 0.1) is 6.92 Å². The molecule has 0 aliphatic heterocycles. The average Bonchev–Trinajstić information content (AvgIpc) is 2.30. The van der Waals surface area contributed by atoms with Gasteiger partial charge in [-0.25, -0.2) is 0 Å². The van der Waals surface area contributed by atoms with E-state index in [0.717, 1.165) is 21.5 Å². The van der Waals surface area contributed by atoms with Gasteiger partial charge in [0.15, 0.2) is 11.5 Å². The predicted octanol–water partition coefficient (Wildman–Crippen LogP) is 3.95. The highest BCUT2D eigenvalue weighted by Crippen LogP contribution is 2.45. The average molecular weight is 303 g/mol. The number of aryl methyl sites for hydroxylation is 1. The first-order valence-electron chi connectivity index (χ1n) is 5.87. The van der Waals surface area contributed by atoms with E-state index in [0.29, 0.717) is 25.6 Å². The van der Waals surface area contributed by atoms with Crippen molar-refractivity contribution in [2.45, 2.75) is 27.7 Å². The van der Waals surface area contributed by atoms with Gasteiger partial charge in [0.25, 0.3) is 0 Å². The molecule has 0 saturated heterocycles. The summed E-state index contributed by atoms with van der Waals surface area (Å²) in [5.74, 6) is 2.13. The van der Waals surface area contributed by atoms with Crippen molar-refractivity contribution in [3.05, 3.63) is 16.1 Å². The maximum atomic E-state index is 5.64. The number of ether oxygens (including phenoxy) is 3. The fourth-order valence-electron chi connectivity index (χ4n) is 1.53. The van der Waals surface area contributed by atoms with Gasteiger partial charge in [-0.1, -0.05) is 0 Å². The third kappa shape index (κ3) is 3.28.